The van der Waals surface area contributed by atoms with Gasteiger partial charge in [0, 0.05) is 13.1 Å². The van der Waals surface area contributed by atoms with Crippen molar-refractivity contribution >= 4 is 10.0 Å². The van der Waals surface area contributed by atoms with Gasteiger partial charge >= 0.3 is 0 Å². The second-order valence-corrected chi connectivity index (χ2v) is 6.17. The minimum absolute atomic E-state index is 0.0435. The molecular weight excluding hydrogens is 266 g/mol. The van der Waals surface area contributed by atoms with Crippen LogP contribution >= 0.6 is 0 Å². The van der Waals surface area contributed by atoms with Gasteiger partial charge in [0.25, 0.3) is 10.0 Å². The number of phenols is 1. The summed E-state index contributed by atoms with van der Waals surface area (Å²) >= 11 is 0. The lowest BCUT2D eigenvalue weighted by Crippen LogP contribution is -2.30. The minimum Gasteiger partial charge on any atom is -0.508 e. The highest BCUT2D eigenvalue weighted by molar-refractivity contribution is 7.89. The topological polar surface area (TPSA) is 86.3 Å². The van der Waals surface area contributed by atoms with Gasteiger partial charge in [-0.15, -0.1) is 0 Å². The Morgan fingerprint density at radius 2 is 2.16 bits per heavy atom. The summed E-state index contributed by atoms with van der Waals surface area (Å²) in [6.07, 6.45) is 2.58. The Morgan fingerprint density at radius 1 is 1.42 bits per heavy atom. The smallest absolute Gasteiger partial charge is 0.260 e. The standard InChI is InChI=1S/C12H15N3O3S/c1-9(10-4-3-5-11(16)6-10)15(2)19(17,18)12-7-13-8-14-12/h3-9,16H,1-2H3,(H,13,14)/t9-/m0/s1. The van der Waals surface area contributed by atoms with Crippen LogP contribution in [0.25, 0.3) is 0 Å². The van der Waals surface area contributed by atoms with Crippen molar-refractivity contribution in [1.29, 1.82) is 0 Å². The number of H-pyrrole nitrogens is 1. The van der Waals surface area contributed by atoms with E-state index >= 15 is 0 Å². The zero-order valence-corrected chi connectivity index (χ0v) is 11.4. The Bertz CT molecular complexity index is 653. The highest BCUT2D eigenvalue weighted by Gasteiger charge is 2.27. The van der Waals surface area contributed by atoms with Crippen molar-refractivity contribution < 1.29 is 13.5 Å². The average Bonchev–Trinajstić information content (AvgIpc) is 2.91. The highest BCUT2D eigenvalue weighted by atomic mass is 32.2. The largest absolute Gasteiger partial charge is 0.508 e. The summed E-state index contributed by atoms with van der Waals surface area (Å²) in [4.78, 5) is 6.30. The number of hydrogen-bond donors (Lipinski definition) is 2. The first-order valence-electron chi connectivity index (χ1n) is 5.68. The van der Waals surface area contributed by atoms with E-state index in [1.807, 2.05) is 0 Å². The second kappa shape index (κ2) is 5.02. The van der Waals surface area contributed by atoms with Gasteiger partial charge in [-0.3, -0.25) is 0 Å². The van der Waals surface area contributed by atoms with E-state index in [2.05, 4.69) is 9.97 Å². The molecule has 0 bridgehead atoms. The molecule has 19 heavy (non-hydrogen) atoms. The third-order valence-electron chi connectivity index (χ3n) is 3.03. The van der Waals surface area contributed by atoms with E-state index in [4.69, 9.17) is 0 Å². The van der Waals surface area contributed by atoms with Crippen LogP contribution in [0.5, 0.6) is 5.75 Å². The van der Waals surface area contributed by atoms with Crippen LogP contribution in [0.3, 0.4) is 0 Å². The van der Waals surface area contributed by atoms with E-state index in [0.717, 1.165) is 0 Å². The Labute approximate surface area is 111 Å². The number of imidazole rings is 1. The molecule has 0 spiro atoms. The van der Waals surface area contributed by atoms with E-state index in [1.54, 1.807) is 31.2 Å². The zero-order chi connectivity index (χ0) is 14.0. The molecule has 0 aliphatic carbocycles. The fraction of sp³-hybridized carbons (Fsp3) is 0.250. The van der Waals surface area contributed by atoms with Crippen LogP contribution < -0.4 is 0 Å². The predicted molar refractivity (Wildman–Crippen MR) is 70.1 cm³/mol. The van der Waals surface area contributed by atoms with Gasteiger partial charge in [-0.05, 0) is 24.6 Å². The van der Waals surface area contributed by atoms with E-state index in [0.29, 0.717) is 5.56 Å². The third-order valence-corrected chi connectivity index (χ3v) is 4.88. The van der Waals surface area contributed by atoms with Gasteiger partial charge < -0.3 is 10.1 Å². The van der Waals surface area contributed by atoms with Crippen molar-refractivity contribution in [2.24, 2.45) is 0 Å². The Hall–Kier alpha value is -1.86. The number of aromatic amines is 1. The summed E-state index contributed by atoms with van der Waals surface area (Å²) in [7, 11) is -2.13. The molecule has 1 atom stereocenters. The number of nitrogens with zero attached hydrogens (tertiary/aromatic N) is 2. The Morgan fingerprint density at radius 3 is 2.74 bits per heavy atom. The number of aromatic nitrogens is 2. The van der Waals surface area contributed by atoms with Gasteiger partial charge in [0.1, 0.15) is 5.75 Å². The number of rotatable bonds is 4. The lowest BCUT2D eigenvalue weighted by molar-refractivity contribution is 0.394. The van der Waals surface area contributed by atoms with Crippen molar-refractivity contribution in [1.82, 2.24) is 14.3 Å². The second-order valence-electron chi connectivity index (χ2n) is 4.21. The zero-order valence-electron chi connectivity index (χ0n) is 10.6. The molecule has 0 saturated carbocycles. The molecule has 0 amide bonds. The summed E-state index contributed by atoms with van der Waals surface area (Å²) in [6, 6.07) is 6.13. The molecule has 2 N–H and O–H groups in total. The van der Waals surface area contributed by atoms with Crippen LogP contribution in [0.1, 0.15) is 18.5 Å². The third kappa shape index (κ3) is 2.61. The van der Waals surface area contributed by atoms with Gasteiger partial charge in [0.15, 0.2) is 5.03 Å². The monoisotopic (exact) mass is 281 g/mol. The van der Waals surface area contributed by atoms with E-state index in [1.165, 1.54) is 23.9 Å². The molecule has 2 aromatic rings. The summed E-state index contributed by atoms with van der Waals surface area (Å²) in [6.45, 7) is 1.75. The molecule has 0 aliphatic rings. The van der Waals surface area contributed by atoms with Gasteiger partial charge in [-0.1, -0.05) is 12.1 Å². The lowest BCUT2D eigenvalue weighted by Gasteiger charge is -2.23. The maximum absolute atomic E-state index is 12.3. The minimum atomic E-state index is -3.62. The molecule has 0 fully saturated rings. The van der Waals surface area contributed by atoms with Crippen molar-refractivity contribution in [3.8, 4) is 5.75 Å². The van der Waals surface area contributed by atoms with E-state index in [9.17, 15) is 13.5 Å². The van der Waals surface area contributed by atoms with Crippen LogP contribution in [-0.4, -0.2) is 34.8 Å². The average molecular weight is 281 g/mol. The molecule has 6 nitrogen and oxygen atoms in total. The van der Waals surface area contributed by atoms with E-state index < -0.39 is 16.1 Å². The summed E-state index contributed by atoms with van der Waals surface area (Å²) in [5.74, 6) is 0.108. The summed E-state index contributed by atoms with van der Waals surface area (Å²) in [5.41, 5.74) is 0.714. The molecule has 1 aromatic carbocycles. The molecule has 2 rings (SSSR count). The van der Waals surface area contributed by atoms with Gasteiger partial charge in [-0.25, -0.2) is 13.4 Å². The molecule has 0 unspecified atom stereocenters. The van der Waals surface area contributed by atoms with Crippen LogP contribution in [0.15, 0.2) is 41.8 Å². The number of nitrogens with one attached hydrogen (secondary N) is 1. The van der Waals surface area contributed by atoms with Gasteiger partial charge in [0.05, 0.1) is 12.5 Å². The van der Waals surface area contributed by atoms with E-state index in [-0.39, 0.29) is 10.8 Å². The number of phenolic OH excluding ortho intramolecular Hbond substituents is 1. The number of hydrogen-bond acceptors (Lipinski definition) is 4. The highest BCUT2D eigenvalue weighted by Crippen LogP contribution is 2.26. The molecule has 102 valence electrons. The molecule has 0 saturated heterocycles. The maximum Gasteiger partial charge on any atom is 0.260 e. The summed E-state index contributed by atoms with van der Waals surface area (Å²) < 4.78 is 25.8. The van der Waals surface area contributed by atoms with Crippen molar-refractivity contribution in [2.45, 2.75) is 18.0 Å². The molecule has 7 heteroatoms. The fourth-order valence-corrected chi connectivity index (χ4v) is 2.99. The normalized spacial score (nSPS) is 13.6. The Balaban J connectivity index is 2.32. The molecule has 0 radical (unpaired) electrons. The van der Waals surface area contributed by atoms with Crippen molar-refractivity contribution in [3.63, 3.8) is 0 Å². The van der Waals surface area contributed by atoms with Gasteiger partial charge in [-0.2, -0.15) is 4.31 Å². The number of benzene rings is 1. The van der Waals surface area contributed by atoms with Crippen molar-refractivity contribution in [3.05, 3.63) is 42.4 Å². The van der Waals surface area contributed by atoms with Crippen LogP contribution in [-0.2, 0) is 10.0 Å². The van der Waals surface area contributed by atoms with Crippen molar-refractivity contribution in [2.75, 3.05) is 7.05 Å². The maximum atomic E-state index is 12.3. The molecular formula is C12H15N3O3S. The molecule has 0 aliphatic heterocycles. The lowest BCUT2D eigenvalue weighted by atomic mass is 10.1. The first-order chi connectivity index (χ1) is 8.93. The first-order valence-corrected chi connectivity index (χ1v) is 7.12. The fourth-order valence-electron chi connectivity index (χ4n) is 1.74. The Kier molecular flexibility index (Phi) is 3.59. The SMILES string of the molecule is C[C@@H](c1cccc(O)c1)N(C)S(=O)(=O)c1cnc[nH]1. The van der Waals surface area contributed by atoms with Gasteiger partial charge in [0.2, 0.25) is 0 Å². The van der Waals surface area contributed by atoms with Crippen LogP contribution in [0.4, 0.5) is 0 Å². The quantitative estimate of drug-likeness (QED) is 0.889. The predicted octanol–water partition coefficient (Wildman–Crippen LogP) is 1.50. The molecule has 1 heterocycles. The van der Waals surface area contributed by atoms with Crippen LogP contribution in [0, 0.1) is 0 Å². The first kappa shape index (κ1) is 13.6. The number of sulfonamides is 1. The molecule has 1 aromatic heterocycles. The van der Waals surface area contributed by atoms with Crippen LogP contribution in [0.2, 0.25) is 0 Å². The summed E-state index contributed by atoms with van der Waals surface area (Å²) in [5, 5.41) is 9.49. The number of aromatic hydroxyl groups is 1.